The van der Waals surface area contributed by atoms with E-state index >= 15 is 0 Å². The van der Waals surface area contributed by atoms with Crippen molar-refractivity contribution in [2.24, 2.45) is 5.41 Å². The summed E-state index contributed by atoms with van der Waals surface area (Å²) in [5, 5.41) is 0. The third-order valence-electron chi connectivity index (χ3n) is 2.69. The van der Waals surface area contributed by atoms with E-state index in [1.165, 1.54) is 0 Å². The molecule has 4 heteroatoms. The molecular formula is C11H21NO3. The zero-order valence-corrected chi connectivity index (χ0v) is 9.91. The minimum atomic E-state index is 0.0941. The summed E-state index contributed by atoms with van der Waals surface area (Å²) in [4.78, 5) is 13.5. The Hall–Kier alpha value is -0.610. The topological polar surface area (TPSA) is 38.8 Å². The first-order chi connectivity index (χ1) is 7.05. The van der Waals surface area contributed by atoms with E-state index in [4.69, 9.17) is 9.47 Å². The molecule has 0 aromatic heterocycles. The van der Waals surface area contributed by atoms with Crippen LogP contribution in [0, 0.1) is 5.41 Å². The van der Waals surface area contributed by atoms with Crippen molar-refractivity contribution in [3.63, 3.8) is 0 Å². The number of ether oxygens (including phenoxy) is 2. The van der Waals surface area contributed by atoms with Crippen LogP contribution in [-0.2, 0) is 14.3 Å². The van der Waals surface area contributed by atoms with Gasteiger partial charge in [0.05, 0.1) is 13.2 Å². The van der Waals surface area contributed by atoms with E-state index in [9.17, 15) is 4.79 Å². The molecule has 0 atom stereocenters. The number of rotatable bonds is 5. The molecule has 0 N–H and O–H groups in total. The number of nitrogens with zero attached hydrogens (tertiary/aromatic N) is 1. The molecule has 1 aliphatic rings. The number of hydrogen-bond donors (Lipinski definition) is 0. The number of carbonyl (C=O) groups is 1. The average molecular weight is 215 g/mol. The lowest BCUT2D eigenvalue weighted by molar-refractivity contribution is -0.135. The Morgan fingerprint density at radius 3 is 2.67 bits per heavy atom. The quantitative estimate of drug-likeness (QED) is 0.640. The maximum atomic E-state index is 11.7. The molecule has 1 heterocycles. The van der Waals surface area contributed by atoms with Crippen molar-refractivity contribution in [2.75, 3.05) is 40.0 Å². The first-order valence-electron chi connectivity index (χ1n) is 5.40. The Kier molecular flexibility index (Phi) is 4.54. The summed E-state index contributed by atoms with van der Waals surface area (Å²) in [5.41, 5.74) is 0.266. The molecule has 4 nitrogen and oxygen atoms in total. The van der Waals surface area contributed by atoms with Crippen molar-refractivity contribution >= 4 is 5.91 Å². The molecular weight excluding hydrogens is 194 g/mol. The van der Waals surface area contributed by atoms with Gasteiger partial charge in [0.15, 0.2) is 0 Å². The first-order valence-corrected chi connectivity index (χ1v) is 5.40. The van der Waals surface area contributed by atoms with Crippen LogP contribution in [0.4, 0.5) is 0 Å². The second kappa shape index (κ2) is 5.47. The molecule has 1 saturated heterocycles. The monoisotopic (exact) mass is 215 g/mol. The van der Waals surface area contributed by atoms with E-state index in [0.29, 0.717) is 13.2 Å². The fraction of sp³-hybridized carbons (Fsp3) is 0.909. The van der Waals surface area contributed by atoms with E-state index in [-0.39, 0.29) is 17.9 Å². The highest BCUT2D eigenvalue weighted by Crippen LogP contribution is 2.28. The minimum absolute atomic E-state index is 0.0941. The molecule has 0 spiro atoms. The van der Waals surface area contributed by atoms with Crippen molar-refractivity contribution in [1.82, 2.24) is 4.90 Å². The average Bonchev–Trinajstić information content (AvgIpc) is 2.53. The highest BCUT2D eigenvalue weighted by molar-refractivity contribution is 5.77. The van der Waals surface area contributed by atoms with E-state index in [2.05, 4.69) is 13.8 Å². The lowest BCUT2D eigenvalue weighted by Crippen LogP contribution is -2.33. The molecule has 88 valence electrons. The molecule has 1 rings (SSSR count). The smallest absolute Gasteiger partial charge is 0.248 e. The minimum Gasteiger partial charge on any atom is -0.382 e. The van der Waals surface area contributed by atoms with Crippen LogP contribution >= 0.6 is 0 Å². The van der Waals surface area contributed by atoms with E-state index in [0.717, 1.165) is 19.5 Å². The fourth-order valence-electron chi connectivity index (χ4n) is 1.72. The fourth-order valence-corrected chi connectivity index (χ4v) is 1.72. The maximum Gasteiger partial charge on any atom is 0.248 e. The zero-order valence-electron chi connectivity index (χ0n) is 9.91. The molecule has 1 amide bonds. The summed E-state index contributed by atoms with van der Waals surface area (Å²) in [6.45, 7) is 7.29. The van der Waals surface area contributed by atoms with Gasteiger partial charge >= 0.3 is 0 Å². The summed E-state index contributed by atoms with van der Waals surface area (Å²) in [5.74, 6) is 0.0941. The summed E-state index contributed by atoms with van der Waals surface area (Å²) >= 11 is 0. The van der Waals surface area contributed by atoms with Gasteiger partial charge in [-0.3, -0.25) is 4.79 Å². The van der Waals surface area contributed by atoms with Crippen LogP contribution in [0.15, 0.2) is 0 Å². The Morgan fingerprint density at radius 2 is 2.13 bits per heavy atom. The SMILES string of the molecule is COCCOCC(=O)N1CCC(C)(C)C1. The number of likely N-dealkylation sites (tertiary alicyclic amines) is 1. The van der Waals surface area contributed by atoms with Crippen molar-refractivity contribution in [3.05, 3.63) is 0 Å². The molecule has 0 unspecified atom stereocenters. The molecule has 1 fully saturated rings. The number of amides is 1. The van der Waals surface area contributed by atoms with Gasteiger partial charge in [0, 0.05) is 20.2 Å². The van der Waals surface area contributed by atoms with Crippen molar-refractivity contribution < 1.29 is 14.3 Å². The van der Waals surface area contributed by atoms with Gasteiger partial charge in [0.1, 0.15) is 6.61 Å². The van der Waals surface area contributed by atoms with Gasteiger partial charge < -0.3 is 14.4 Å². The summed E-state index contributed by atoms with van der Waals surface area (Å²) in [6, 6.07) is 0. The number of carbonyl (C=O) groups excluding carboxylic acids is 1. The Bertz CT molecular complexity index is 216. The molecule has 15 heavy (non-hydrogen) atoms. The standard InChI is InChI=1S/C11H21NO3/c1-11(2)4-5-12(9-11)10(13)8-15-7-6-14-3/h4-9H2,1-3H3. The van der Waals surface area contributed by atoms with Crippen LogP contribution in [0.2, 0.25) is 0 Å². The molecule has 0 radical (unpaired) electrons. The van der Waals surface area contributed by atoms with Gasteiger partial charge in [-0.05, 0) is 11.8 Å². The predicted octanol–water partition coefficient (Wildman–Crippen LogP) is 0.908. The largest absolute Gasteiger partial charge is 0.382 e. The first kappa shape index (κ1) is 12.5. The Labute approximate surface area is 91.5 Å². The van der Waals surface area contributed by atoms with Gasteiger partial charge in [0.25, 0.3) is 0 Å². The maximum absolute atomic E-state index is 11.7. The highest BCUT2D eigenvalue weighted by Gasteiger charge is 2.31. The molecule has 0 aliphatic carbocycles. The lowest BCUT2D eigenvalue weighted by Gasteiger charge is -2.19. The van der Waals surface area contributed by atoms with Crippen molar-refractivity contribution in [2.45, 2.75) is 20.3 Å². The summed E-state index contributed by atoms with van der Waals surface area (Å²) in [6.07, 6.45) is 1.08. The summed E-state index contributed by atoms with van der Waals surface area (Å²) < 4.78 is 10.0. The molecule has 1 aliphatic heterocycles. The van der Waals surface area contributed by atoms with Gasteiger partial charge in [-0.15, -0.1) is 0 Å². The third kappa shape index (κ3) is 4.18. The van der Waals surface area contributed by atoms with Crippen LogP contribution in [-0.4, -0.2) is 50.8 Å². The second-order valence-corrected chi connectivity index (χ2v) is 4.77. The van der Waals surface area contributed by atoms with Crippen LogP contribution in [0.3, 0.4) is 0 Å². The second-order valence-electron chi connectivity index (χ2n) is 4.77. The number of methoxy groups -OCH3 is 1. The molecule has 0 aromatic rings. The van der Waals surface area contributed by atoms with Gasteiger partial charge in [-0.25, -0.2) is 0 Å². The highest BCUT2D eigenvalue weighted by atomic mass is 16.5. The van der Waals surface area contributed by atoms with Crippen LogP contribution < -0.4 is 0 Å². The van der Waals surface area contributed by atoms with Gasteiger partial charge in [0.2, 0.25) is 5.91 Å². The number of hydrogen-bond acceptors (Lipinski definition) is 3. The lowest BCUT2D eigenvalue weighted by atomic mass is 9.93. The van der Waals surface area contributed by atoms with Gasteiger partial charge in [-0.1, -0.05) is 13.8 Å². The Balaban J connectivity index is 2.18. The van der Waals surface area contributed by atoms with E-state index < -0.39 is 0 Å². The van der Waals surface area contributed by atoms with Crippen molar-refractivity contribution in [1.29, 1.82) is 0 Å². The molecule has 0 bridgehead atoms. The zero-order chi connectivity index (χ0) is 11.3. The predicted molar refractivity (Wildman–Crippen MR) is 57.7 cm³/mol. The van der Waals surface area contributed by atoms with Gasteiger partial charge in [-0.2, -0.15) is 0 Å². The Morgan fingerprint density at radius 1 is 1.40 bits per heavy atom. The molecule has 0 aromatic carbocycles. The van der Waals surface area contributed by atoms with E-state index in [1.807, 2.05) is 4.90 Å². The van der Waals surface area contributed by atoms with Crippen molar-refractivity contribution in [3.8, 4) is 0 Å². The molecule has 0 saturated carbocycles. The third-order valence-corrected chi connectivity index (χ3v) is 2.69. The van der Waals surface area contributed by atoms with E-state index in [1.54, 1.807) is 7.11 Å². The normalized spacial score (nSPS) is 19.5. The van der Waals surface area contributed by atoms with Crippen LogP contribution in [0.5, 0.6) is 0 Å². The summed E-state index contributed by atoms with van der Waals surface area (Å²) in [7, 11) is 1.62. The van der Waals surface area contributed by atoms with Crippen LogP contribution in [0.1, 0.15) is 20.3 Å². The van der Waals surface area contributed by atoms with Crippen LogP contribution in [0.25, 0.3) is 0 Å².